The van der Waals surface area contributed by atoms with Gasteiger partial charge in [-0.3, -0.25) is 0 Å². The molecule has 0 aromatic heterocycles. The van der Waals surface area contributed by atoms with Crippen LogP contribution in [-0.4, -0.2) is 13.6 Å². The van der Waals surface area contributed by atoms with Gasteiger partial charge >= 0.3 is 58.4 Å². The Labute approximate surface area is 155 Å². The van der Waals surface area contributed by atoms with E-state index in [2.05, 4.69) is 0 Å². The Hall–Kier alpha value is 0.511. The van der Waals surface area contributed by atoms with Gasteiger partial charge in [-0.15, -0.1) is 0 Å². The van der Waals surface area contributed by atoms with Gasteiger partial charge in [0, 0.05) is 0 Å². The molecule has 102 valence electrons. The van der Waals surface area contributed by atoms with Crippen LogP contribution in [0.2, 0.25) is 0 Å². The smallest absolute Gasteiger partial charge is 0.497 e. The molecule has 0 saturated carbocycles. The maximum Gasteiger partial charge on any atom is 1.00 e. The van der Waals surface area contributed by atoms with Crippen molar-refractivity contribution in [3.05, 3.63) is 23.8 Å². The molecule has 0 saturated heterocycles. The first-order valence-corrected chi connectivity index (χ1v) is 6.03. The second-order valence-corrected chi connectivity index (χ2v) is 5.78. The molecule has 0 spiro atoms. The molecule has 0 fully saturated rings. The maximum absolute atomic E-state index is 12.9. The van der Waals surface area contributed by atoms with Crippen LogP contribution in [-0.2, 0) is 0 Å². The summed E-state index contributed by atoms with van der Waals surface area (Å²) in [6.07, 6.45) is 0.713. The van der Waals surface area contributed by atoms with Gasteiger partial charge in [-0.2, -0.15) is 0 Å². The zero-order valence-electron chi connectivity index (χ0n) is 12.3. The predicted octanol–water partition coefficient (Wildman–Crippen LogP) is 0.868. The Balaban J connectivity index is 0.00000324. The summed E-state index contributed by atoms with van der Waals surface area (Å²) in [5, 5.41) is 0. The molecule has 1 aromatic rings. The predicted molar refractivity (Wildman–Crippen MR) is 69.5 cm³/mol. The van der Waals surface area contributed by atoms with Crippen molar-refractivity contribution in [1.29, 1.82) is 0 Å². The van der Waals surface area contributed by atoms with E-state index in [4.69, 9.17) is 4.74 Å². The molecule has 1 rings (SSSR count). The summed E-state index contributed by atoms with van der Waals surface area (Å²) >= 11 is 0. The first-order chi connectivity index (χ1) is 8.09. The van der Waals surface area contributed by atoms with Gasteiger partial charge in [0.1, 0.15) is 0 Å². The molecule has 0 unspecified atom stereocenters. The van der Waals surface area contributed by atoms with Gasteiger partial charge in [0.05, 0.1) is 12.4 Å². The Morgan fingerprint density at radius 1 is 1.16 bits per heavy atom. The number of aryl methyl sites for hydroxylation is 1. The van der Waals surface area contributed by atoms with E-state index in [1.54, 1.807) is 13.0 Å². The van der Waals surface area contributed by atoms with E-state index in [9.17, 15) is 12.9 Å². The van der Waals surface area contributed by atoms with Crippen molar-refractivity contribution in [3.8, 4) is 5.75 Å². The number of ether oxygens (including phenoxy) is 1. The maximum atomic E-state index is 12.9. The minimum Gasteiger partial charge on any atom is -0.497 e. The fourth-order valence-corrected chi connectivity index (χ4v) is 1.52. The van der Waals surface area contributed by atoms with Gasteiger partial charge in [-0.25, -0.2) is 0 Å². The summed E-state index contributed by atoms with van der Waals surface area (Å²) in [6, 6.07) is 4.19. The third kappa shape index (κ3) is 7.18. The van der Waals surface area contributed by atoms with E-state index in [1.807, 2.05) is 20.8 Å². The van der Waals surface area contributed by atoms with Crippen LogP contribution in [0.5, 0.6) is 5.75 Å². The van der Waals surface area contributed by atoms with Crippen molar-refractivity contribution in [3.63, 3.8) is 0 Å². The molecule has 6 heteroatoms. The van der Waals surface area contributed by atoms with Gasteiger partial charge in [0.15, 0.2) is 0 Å². The zero-order valence-corrected chi connectivity index (χ0v) is 15.4. The molecule has 0 N–H and O–H groups in total. The summed E-state index contributed by atoms with van der Waals surface area (Å²) < 4.78 is 43.9. The fourth-order valence-electron chi connectivity index (χ4n) is 1.52. The first kappa shape index (κ1) is 19.5. The van der Waals surface area contributed by atoms with E-state index < -0.39 is 12.4 Å². The summed E-state index contributed by atoms with van der Waals surface area (Å²) in [5.41, 5.74) is 0.00473. The third-order valence-electron chi connectivity index (χ3n) is 2.63. The molecular weight excluding hydrogens is 279 g/mol. The zero-order chi connectivity index (χ0) is 14.0. The Morgan fingerprint density at radius 2 is 1.74 bits per heavy atom. The van der Waals surface area contributed by atoms with Crippen molar-refractivity contribution in [1.82, 2.24) is 0 Å². The summed E-state index contributed by atoms with van der Waals surface area (Å²) in [7, 11) is 0. The minimum absolute atomic E-state index is 0. The van der Waals surface area contributed by atoms with E-state index >= 15 is 0 Å². The fraction of sp³-hybridized carbons (Fsp3) is 0.538. The second-order valence-electron chi connectivity index (χ2n) is 5.78. The van der Waals surface area contributed by atoms with Crippen LogP contribution in [0.25, 0.3) is 0 Å². The second kappa shape index (κ2) is 7.50. The molecule has 0 bridgehead atoms. The molecule has 0 radical (unpaired) electrons. The normalized spacial score (nSPS) is 11.9. The van der Waals surface area contributed by atoms with Crippen LogP contribution in [0, 0.1) is 12.3 Å². The van der Waals surface area contributed by atoms with Crippen LogP contribution in [0.1, 0.15) is 32.8 Å². The third-order valence-corrected chi connectivity index (χ3v) is 2.63. The van der Waals surface area contributed by atoms with E-state index in [0.29, 0.717) is 18.6 Å². The van der Waals surface area contributed by atoms with Gasteiger partial charge in [-0.05, 0) is 24.8 Å². The largest absolute Gasteiger partial charge is 1.00 e. The number of rotatable bonds is 4. The molecule has 1 nitrogen and oxygen atoms in total. The number of halogens is 3. The van der Waals surface area contributed by atoms with Crippen LogP contribution in [0.15, 0.2) is 18.2 Å². The molecule has 0 aliphatic heterocycles. The summed E-state index contributed by atoms with van der Waals surface area (Å²) in [5.74, 6) is -0.0580. The molecule has 0 heterocycles. The summed E-state index contributed by atoms with van der Waals surface area (Å²) in [4.78, 5) is 0. The molecule has 0 aliphatic rings. The molecule has 1 aromatic carbocycles. The van der Waals surface area contributed by atoms with Gasteiger partial charge in [0.2, 0.25) is 0 Å². The van der Waals surface area contributed by atoms with Crippen LogP contribution in [0.4, 0.5) is 12.9 Å². The van der Waals surface area contributed by atoms with Crippen molar-refractivity contribution >= 4 is 12.4 Å². The Morgan fingerprint density at radius 3 is 2.21 bits per heavy atom. The Bertz CT molecular complexity index is 413. The molecule has 0 amide bonds. The summed E-state index contributed by atoms with van der Waals surface area (Å²) in [6.45, 7) is 3.00. The number of hydrogen-bond acceptors (Lipinski definition) is 1. The van der Waals surface area contributed by atoms with Crippen molar-refractivity contribution < 1.29 is 69.1 Å². The van der Waals surface area contributed by atoms with Gasteiger partial charge in [-0.1, -0.05) is 43.9 Å². The van der Waals surface area contributed by atoms with Crippen molar-refractivity contribution in [2.24, 2.45) is 5.41 Å². The van der Waals surface area contributed by atoms with Crippen molar-refractivity contribution in [2.45, 2.75) is 34.1 Å². The number of benzene rings is 1. The first-order valence-electron chi connectivity index (χ1n) is 6.03. The standard InChI is InChI=1S/C13H19BF3O.K/c1-10-5-6-12(11(9-10)14(15,16)17)18-8-7-13(2,3)4;/h5-6,9H,7-8H2,1-4H3;/q-1;+1. The number of hydrogen-bond donors (Lipinski definition) is 0. The molecule has 0 atom stereocenters. The minimum atomic E-state index is -5.03. The molecule has 0 aliphatic carbocycles. The Kier molecular flexibility index (Phi) is 7.70. The van der Waals surface area contributed by atoms with Crippen LogP contribution < -0.4 is 61.6 Å². The van der Waals surface area contributed by atoms with Crippen LogP contribution in [0.3, 0.4) is 0 Å². The SMILES string of the molecule is Cc1ccc(OCCC(C)(C)C)c([B-](F)(F)F)c1.[K+]. The molecule has 19 heavy (non-hydrogen) atoms. The van der Waals surface area contributed by atoms with Gasteiger partial charge in [0.25, 0.3) is 0 Å². The average molecular weight is 298 g/mol. The van der Waals surface area contributed by atoms with Crippen molar-refractivity contribution in [2.75, 3.05) is 6.61 Å². The van der Waals surface area contributed by atoms with E-state index in [1.165, 1.54) is 6.07 Å². The monoisotopic (exact) mass is 298 g/mol. The van der Waals surface area contributed by atoms with E-state index in [-0.39, 0.29) is 62.5 Å². The van der Waals surface area contributed by atoms with Crippen LogP contribution >= 0.6 is 0 Å². The van der Waals surface area contributed by atoms with E-state index in [0.717, 1.165) is 6.07 Å². The average Bonchev–Trinajstić information content (AvgIpc) is 2.17. The quantitative estimate of drug-likeness (QED) is 0.750. The topological polar surface area (TPSA) is 9.23 Å². The molecular formula is C13H19BF3KO. The van der Waals surface area contributed by atoms with Gasteiger partial charge < -0.3 is 17.7 Å².